The van der Waals surface area contributed by atoms with E-state index in [0.29, 0.717) is 22.2 Å². The van der Waals surface area contributed by atoms with Gasteiger partial charge in [0.15, 0.2) is 5.11 Å². The van der Waals surface area contributed by atoms with Crippen LogP contribution in [-0.4, -0.2) is 36.6 Å². The van der Waals surface area contributed by atoms with Crippen LogP contribution in [0.2, 0.25) is 5.02 Å². The molecule has 0 aliphatic heterocycles. The van der Waals surface area contributed by atoms with Crippen LogP contribution in [0, 0.1) is 19.7 Å². The fourth-order valence-corrected chi connectivity index (χ4v) is 3.32. The molecular formula is C19H22ClFN6S. The van der Waals surface area contributed by atoms with Gasteiger partial charge in [0, 0.05) is 30.9 Å². The highest BCUT2D eigenvalue weighted by Crippen LogP contribution is 2.24. The zero-order valence-electron chi connectivity index (χ0n) is 16.2. The van der Waals surface area contributed by atoms with E-state index in [9.17, 15) is 4.39 Å². The predicted molar refractivity (Wildman–Crippen MR) is 113 cm³/mol. The number of anilines is 1. The molecule has 1 aromatic carbocycles. The number of hydrogen-bond donors (Lipinski definition) is 1. The molecule has 2 heterocycles. The van der Waals surface area contributed by atoms with Gasteiger partial charge in [0.05, 0.1) is 35.9 Å². The van der Waals surface area contributed by atoms with Crippen LogP contribution in [-0.2, 0) is 20.1 Å². The number of hydrogen-bond acceptors (Lipinski definition) is 3. The highest BCUT2D eigenvalue weighted by Gasteiger charge is 2.17. The Labute approximate surface area is 173 Å². The molecule has 9 heteroatoms. The molecule has 3 aromatic rings. The van der Waals surface area contributed by atoms with E-state index in [4.69, 9.17) is 23.8 Å². The number of benzene rings is 1. The summed E-state index contributed by atoms with van der Waals surface area (Å²) >= 11 is 11.7. The molecular weight excluding hydrogens is 399 g/mol. The van der Waals surface area contributed by atoms with Crippen LogP contribution in [0.4, 0.5) is 10.1 Å². The van der Waals surface area contributed by atoms with Gasteiger partial charge in [0.2, 0.25) is 0 Å². The van der Waals surface area contributed by atoms with Crippen molar-refractivity contribution in [1.82, 2.24) is 24.5 Å². The van der Waals surface area contributed by atoms with Crippen molar-refractivity contribution in [3.63, 3.8) is 0 Å². The maximum Gasteiger partial charge on any atom is 0.173 e. The van der Waals surface area contributed by atoms with E-state index in [1.165, 1.54) is 6.07 Å². The summed E-state index contributed by atoms with van der Waals surface area (Å²) in [5.74, 6) is -0.347. The van der Waals surface area contributed by atoms with E-state index in [1.807, 2.05) is 45.1 Å². The van der Waals surface area contributed by atoms with Crippen molar-refractivity contribution in [3.05, 3.63) is 63.9 Å². The summed E-state index contributed by atoms with van der Waals surface area (Å²) in [4.78, 5) is 1.90. The second-order valence-corrected chi connectivity index (χ2v) is 7.46. The van der Waals surface area contributed by atoms with Crippen LogP contribution in [0.15, 0.2) is 30.5 Å². The molecule has 0 unspecified atom stereocenters. The molecule has 3 rings (SSSR count). The molecule has 28 heavy (non-hydrogen) atoms. The van der Waals surface area contributed by atoms with Crippen LogP contribution in [0.5, 0.6) is 0 Å². The number of nitrogens with zero attached hydrogens (tertiary/aromatic N) is 5. The van der Waals surface area contributed by atoms with Gasteiger partial charge in [0.25, 0.3) is 0 Å². The SMILES string of the molecule is Cc1nn(Cc2c(F)cccc2Cl)c(C)c1NC(=S)N(C)Cc1ccn(C)n1. The quantitative estimate of drug-likeness (QED) is 0.634. The zero-order chi connectivity index (χ0) is 20.4. The van der Waals surface area contributed by atoms with Crippen LogP contribution >= 0.6 is 23.8 Å². The third-order valence-electron chi connectivity index (χ3n) is 4.50. The standard InChI is InChI=1S/C19H22ClFN6S/c1-12-18(22-19(28)25(3)10-14-8-9-26(4)24-14)13(2)27(23-12)11-15-16(20)6-5-7-17(15)21/h5-9H,10-11H2,1-4H3,(H,22,28). The van der Waals surface area contributed by atoms with Crippen LogP contribution in [0.1, 0.15) is 22.6 Å². The Hall–Kier alpha value is -2.45. The Morgan fingerprint density at radius 1 is 1.29 bits per heavy atom. The summed E-state index contributed by atoms with van der Waals surface area (Å²) < 4.78 is 17.6. The smallest absolute Gasteiger partial charge is 0.173 e. The minimum Gasteiger partial charge on any atom is -0.346 e. The Kier molecular flexibility index (Phi) is 6.00. The van der Waals surface area contributed by atoms with Gasteiger partial charge in [-0.15, -0.1) is 0 Å². The first kappa shape index (κ1) is 20.3. The third-order valence-corrected chi connectivity index (χ3v) is 5.27. The van der Waals surface area contributed by atoms with E-state index < -0.39 is 0 Å². The molecule has 0 aliphatic rings. The number of halogens is 2. The van der Waals surface area contributed by atoms with Crippen LogP contribution in [0.25, 0.3) is 0 Å². The second-order valence-electron chi connectivity index (χ2n) is 6.67. The molecule has 6 nitrogen and oxygen atoms in total. The predicted octanol–water partition coefficient (Wildman–Crippen LogP) is 3.90. The van der Waals surface area contributed by atoms with E-state index in [2.05, 4.69) is 15.5 Å². The van der Waals surface area contributed by atoms with Crippen molar-refractivity contribution in [2.75, 3.05) is 12.4 Å². The summed E-state index contributed by atoms with van der Waals surface area (Å²) in [7, 11) is 3.78. The zero-order valence-corrected chi connectivity index (χ0v) is 17.8. The van der Waals surface area contributed by atoms with Crippen molar-refractivity contribution in [2.24, 2.45) is 7.05 Å². The molecule has 0 spiro atoms. The lowest BCUT2D eigenvalue weighted by molar-refractivity contribution is 0.495. The van der Waals surface area contributed by atoms with Crippen molar-refractivity contribution < 1.29 is 4.39 Å². The summed E-state index contributed by atoms with van der Waals surface area (Å²) in [5.41, 5.74) is 3.78. The van der Waals surface area contributed by atoms with Crippen molar-refractivity contribution >= 4 is 34.6 Å². The van der Waals surface area contributed by atoms with Gasteiger partial charge in [-0.05, 0) is 44.3 Å². The van der Waals surface area contributed by atoms with E-state index in [0.717, 1.165) is 22.8 Å². The third kappa shape index (κ3) is 4.34. The Balaban J connectivity index is 1.75. The van der Waals surface area contributed by atoms with Gasteiger partial charge in [-0.2, -0.15) is 10.2 Å². The Bertz CT molecular complexity index is 992. The summed E-state index contributed by atoms with van der Waals surface area (Å²) in [6.45, 7) is 4.63. The van der Waals surface area contributed by atoms with Gasteiger partial charge in [-0.1, -0.05) is 17.7 Å². The minimum absolute atomic E-state index is 0.246. The van der Waals surface area contributed by atoms with Crippen molar-refractivity contribution in [3.8, 4) is 0 Å². The second kappa shape index (κ2) is 8.28. The average molecular weight is 421 g/mol. The fourth-order valence-electron chi connectivity index (χ4n) is 2.93. The van der Waals surface area contributed by atoms with Crippen LogP contribution < -0.4 is 5.32 Å². The minimum atomic E-state index is -0.347. The molecule has 1 N–H and O–H groups in total. The molecule has 0 fully saturated rings. The van der Waals surface area contributed by atoms with E-state index in [-0.39, 0.29) is 12.4 Å². The number of aryl methyl sites for hydroxylation is 2. The molecule has 0 aliphatic carbocycles. The number of thiocarbonyl (C=S) groups is 1. The summed E-state index contributed by atoms with van der Waals surface area (Å²) in [6.07, 6.45) is 1.89. The highest BCUT2D eigenvalue weighted by molar-refractivity contribution is 7.80. The fraction of sp³-hybridized carbons (Fsp3) is 0.316. The Morgan fingerprint density at radius 3 is 2.68 bits per heavy atom. The first-order valence-corrected chi connectivity index (χ1v) is 9.52. The molecule has 2 aromatic heterocycles. The Morgan fingerprint density at radius 2 is 2.04 bits per heavy atom. The molecule has 148 valence electrons. The topological polar surface area (TPSA) is 50.9 Å². The van der Waals surface area contributed by atoms with Crippen molar-refractivity contribution in [1.29, 1.82) is 0 Å². The van der Waals surface area contributed by atoms with Gasteiger partial charge in [0.1, 0.15) is 5.82 Å². The van der Waals surface area contributed by atoms with Gasteiger partial charge in [-0.3, -0.25) is 9.36 Å². The lowest BCUT2D eigenvalue weighted by atomic mass is 10.2. The molecule has 0 saturated heterocycles. The molecule has 0 amide bonds. The lowest BCUT2D eigenvalue weighted by Gasteiger charge is -2.20. The molecule has 0 radical (unpaired) electrons. The normalized spacial score (nSPS) is 10.9. The van der Waals surface area contributed by atoms with Gasteiger partial charge in [-0.25, -0.2) is 4.39 Å². The van der Waals surface area contributed by atoms with Gasteiger partial charge >= 0.3 is 0 Å². The first-order chi connectivity index (χ1) is 13.3. The van der Waals surface area contributed by atoms with Crippen LogP contribution in [0.3, 0.4) is 0 Å². The van der Waals surface area contributed by atoms with E-state index >= 15 is 0 Å². The lowest BCUT2D eigenvalue weighted by Crippen LogP contribution is -2.31. The summed E-state index contributed by atoms with van der Waals surface area (Å²) in [5, 5.41) is 13.1. The van der Waals surface area contributed by atoms with Crippen molar-refractivity contribution in [2.45, 2.75) is 26.9 Å². The van der Waals surface area contributed by atoms with E-state index in [1.54, 1.807) is 21.5 Å². The molecule has 0 atom stereocenters. The average Bonchev–Trinajstić information content (AvgIpc) is 3.15. The number of nitrogens with one attached hydrogen (secondary N) is 1. The van der Waals surface area contributed by atoms with Gasteiger partial charge < -0.3 is 10.2 Å². The number of aromatic nitrogens is 4. The maximum absolute atomic E-state index is 14.1. The monoisotopic (exact) mass is 420 g/mol. The summed E-state index contributed by atoms with van der Waals surface area (Å²) in [6, 6.07) is 6.61. The first-order valence-electron chi connectivity index (χ1n) is 8.73. The maximum atomic E-state index is 14.1. The highest BCUT2D eigenvalue weighted by atomic mass is 35.5. The molecule has 0 bridgehead atoms. The largest absolute Gasteiger partial charge is 0.346 e. The number of rotatable bonds is 5. The molecule has 0 saturated carbocycles.